The van der Waals surface area contributed by atoms with Crippen molar-refractivity contribution in [2.24, 2.45) is 18.4 Å². The minimum atomic E-state index is -0.725. The van der Waals surface area contributed by atoms with Crippen LogP contribution in [-0.2, 0) is 11.8 Å². The van der Waals surface area contributed by atoms with Crippen molar-refractivity contribution in [2.75, 3.05) is 13.1 Å². The Morgan fingerprint density at radius 1 is 1.20 bits per heavy atom. The van der Waals surface area contributed by atoms with E-state index in [-0.39, 0.29) is 22.8 Å². The number of para-hydroxylation sites is 1. The number of carbonyl (C=O) groups is 2. The van der Waals surface area contributed by atoms with E-state index in [4.69, 9.17) is 0 Å². The topological polar surface area (TPSA) is 79.6 Å². The predicted octanol–water partition coefficient (Wildman–Crippen LogP) is 1.87. The Balaban J connectivity index is 1.61. The van der Waals surface area contributed by atoms with Gasteiger partial charge in [-0.2, -0.15) is 0 Å². The Labute approximate surface area is 144 Å². The molecule has 0 bridgehead atoms. The number of aryl methyl sites for hydroxylation is 1. The lowest BCUT2D eigenvalue weighted by Gasteiger charge is -2.33. The molecule has 1 aliphatic carbocycles. The van der Waals surface area contributed by atoms with Crippen LogP contribution >= 0.6 is 0 Å². The molecule has 1 saturated heterocycles. The average molecular weight is 340 g/mol. The van der Waals surface area contributed by atoms with Crippen LogP contribution in [0.1, 0.15) is 29.6 Å². The maximum atomic E-state index is 13.0. The van der Waals surface area contributed by atoms with Gasteiger partial charge >= 0.3 is 5.97 Å². The molecule has 1 unspecified atom stereocenters. The molecule has 1 aliphatic heterocycles. The number of carboxylic acid groups (broad SMARTS) is 1. The van der Waals surface area contributed by atoms with Crippen LogP contribution in [0.3, 0.4) is 0 Å². The molecule has 6 heteroatoms. The zero-order valence-corrected chi connectivity index (χ0v) is 14.1. The van der Waals surface area contributed by atoms with Crippen molar-refractivity contribution >= 4 is 22.8 Å². The number of carboxylic acids is 1. The number of pyridine rings is 1. The summed E-state index contributed by atoms with van der Waals surface area (Å²) in [5, 5.41) is 9.95. The Hall–Kier alpha value is -2.63. The maximum absolute atomic E-state index is 13.0. The summed E-state index contributed by atoms with van der Waals surface area (Å²) in [6, 6.07) is 8.80. The first-order valence-corrected chi connectivity index (χ1v) is 8.54. The zero-order valence-electron chi connectivity index (χ0n) is 14.1. The molecule has 2 aromatic rings. The van der Waals surface area contributed by atoms with Gasteiger partial charge in [0.25, 0.3) is 11.5 Å². The minimum absolute atomic E-state index is 0.114. The molecule has 1 aromatic heterocycles. The molecule has 25 heavy (non-hydrogen) atoms. The molecule has 1 aromatic carbocycles. The van der Waals surface area contributed by atoms with Crippen LogP contribution in [0.25, 0.3) is 10.9 Å². The Kier molecular flexibility index (Phi) is 3.45. The van der Waals surface area contributed by atoms with Crippen LogP contribution in [0.4, 0.5) is 0 Å². The van der Waals surface area contributed by atoms with Crippen LogP contribution in [-0.4, -0.2) is 39.5 Å². The van der Waals surface area contributed by atoms with Gasteiger partial charge in [-0.3, -0.25) is 14.4 Å². The smallest absolute Gasteiger partial charge is 0.307 e. The second-order valence-electron chi connectivity index (χ2n) is 7.22. The number of hydrogen-bond donors (Lipinski definition) is 1. The van der Waals surface area contributed by atoms with Crippen molar-refractivity contribution in [3.63, 3.8) is 0 Å². The number of likely N-dealkylation sites (tertiary alicyclic amines) is 1. The third kappa shape index (κ3) is 2.44. The van der Waals surface area contributed by atoms with Gasteiger partial charge in [-0.25, -0.2) is 0 Å². The number of amides is 1. The van der Waals surface area contributed by atoms with Crippen LogP contribution in [0.2, 0.25) is 0 Å². The highest BCUT2D eigenvalue weighted by molar-refractivity contribution is 6.06. The number of benzene rings is 1. The summed E-state index contributed by atoms with van der Waals surface area (Å²) >= 11 is 0. The monoisotopic (exact) mass is 340 g/mol. The lowest BCUT2D eigenvalue weighted by atomic mass is 9.90. The van der Waals surface area contributed by atoms with Crippen molar-refractivity contribution in [2.45, 2.75) is 19.3 Å². The first-order valence-electron chi connectivity index (χ1n) is 8.54. The number of carbonyl (C=O) groups excluding carboxylic acids is 1. The van der Waals surface area contributed by atoms with E-state index in [1.165, 1.54) is 6.07 Å². The first kappa shape index (κ1) is 15.9. The van der Waals surface area contributed by atoms with E-state index in [1.54, 1.807) is 16.5 Å². The summed E-state index contributed by atoms with van der Waals surface area (Å²) in [6.07, 6.45) is 2.16. The largest absolute Gasteiger partial charge is 0.481 e. The van der Waals surface area contributed by atoms with Gasteiger partial charge in [-0.15, -0.1) is 0 Å². The summed E-state index contributed by atoms with van der Waals surface area (Å²) in [5.41, 5.74) is 0.848. The van der Waals surface area contributed by atoms with Crippen LogP contribution < -0.4 is 5.56 Å². The molecule has 1 spiro atoms. The number of piperidine rings is 1. The molecule has 6 nitrogen and oxygen atoms in total. The van der Waals surface area contributed by atoms with E-state index in [1.807, 2.05) is 24.3 Å². The zero-order chi connectivity index (χ0) is 17.8. The van der Waals surface area contributed by atoms with E-state index in [2.05, 4.69) is 0 Å². The minimum Gasteiger partial charge on any atom is -0.481 e. The van der Waals surface area contributed by atoms with Crippen LogP contribution in [0.15, 0.2) is 35.1 Å². The Bertz CT molecular complexity index is 938. The number of aromatic nitrogens is 1. The summed E-state index contributed by atoms with van der Waals surface area (Å²) in [6.45, 7) is 1.10. The molecule has 2 aliphatic rings. The predicted molar refractivity (Wildman–Crippen MR) is 92.5 cm³/mol. The molecule has 1 N–H and O–H groups in total. The number of fused-ring (bicyclic) bond motifs is 1. The fourth-order valence-corrected chi connectivity index (χ4v) is 4.16. The van der Waals surface area contributed by atoms with Crippen molar-refractivity contribution < 1.29 is 14.7 Å². The van der Waals surface area contributed by atoms with Crippen molar-refractivity contribution in [1.82, 2.24) is 9.47 Å². The van der Waals surface area contributed by atoms with E-state index in [9.17, 15) is 19.5 Å². The second kappa shape index (κ2) is 5.44. The number of hydrogen-bond acceptors (Lipinski definition) is 3. The van der Waals surface area contributed by atoms with E-state index in [0.717, 1.165) is 30.2 Å². The Morgan fingerprint density at radius 3 is 2.52 bits per heavy atom. The van der Waals surface area contributed by atoms with Crippen LogP contribution in [0.5, 0.6) is 0 Å². The third-order valence-electron chi connectivity index (χ3n) is 5.92. The molecule has 1 amide bonds. The van der Waals surface area contributed by atoms with E-state index < -0.39 is 5.97 Å². The normalized spacial score (nSPS) is 21.5. The highest BCUT2D eigenvalue weighted by Gasteiger charge is 2.59. The number of rotatable bonds is 2. The molecule has 1 saturated carbocycles. The van der Waals surface area contributed by atoms with Crippen molar-refractivity contribution in [3.05, 3.63) is 46.2 Å². The Morgan fingerprint density at radius 2 is 1.88 bits per heavy atom. The van der Waals surface area contributed by atoms with Gasteiger partial charge in [-0.1, -0.05) is 18.2 Å². The van der Waals surface area contributed by atoms with Gasteiger partial charge in [-0.05, 0) is 30.7 Å². The third-order valence-corrected chi connectivity index (χ3v) is 5.92. The van der Waals surface area contributed by atoms with Crippen molar-refractivity contribution in [3.8, 4) is 0 Å². The molecule has 1 atom stereocenters. The summed E-state index contributed by atoms with van der Waals surface area (Å²) in [4.78, 5) is 38.1. The van der Waals surface area contributed by atoms with Gasteiger partial charge in [0, 0.05) is 31.6 Å². The fourth-order valence-electron chi connectivity index (χ4n) is 4.16. The molecule has 2 fully saturated rings. The van der Waals surface area contributed by atoms with E-state index in [0.29, 0.717) is 18.7 Å². The second-order valence-corrected chi connectivity index (χ2v) is 7.22. The fraction of sp³-hybridized carbons (Fsp3) is 0.421. The summed E-state index contributed by atoms with van der Waals surface area (Å²) < 4.78 is 1.54. The lowest BCUT2D eigenvalue weighted by Crippen LogP contribution is -2.40. The van der Waals surface area contributed by atoms with Crippen LogP contribution in [0, 0.1) is 11.3 Å². The van der Waals surface area contributed by atoms with Gasteiger partial charge < -0.3 is 14.6 Å². The number of nitrogens with zero attached hydrogens (tertiary/aromatic N) is 2. The molecular formula is C19H20N2O4. The van der Waals surface area contributed by atoms with Gasteiger partial charge in [0.15, 0.2) is 0 Å². The van der Waals surface area contributed by atoms with E-state index >= 15 is 0 Å². The average Bonchev–Trinajstić information content (AvgIpc) is 3.32. The van der Waals surface area contributed by atoms with Gasteiger partial charge in [0.2, 0.25) is 0 Å². The molecule has 130 valence electrons. The molecule has 0 radical (unpaired) electrons. The molecule has 2 heterocycles. The quantitative estimate of drug-likeness (QED) is 0.905. The molecule has 4 rings (SSSR count). The maximum Gasteiger partial charge on any atom is 0.307 e. The highest BCUT2D eigenvalue weighted by Crippen LogP contribution is 2.59. The van der Waals surface area contributed by atoms with Gasteiger partial charge in [0.05, 0.1) is 17.0 Å². The lowest BCUT2D eigenvalue weighted by molar-refractivity contribution is -0.139. The number of aliphatic carboxylic acids is 1. The van der Waals surface area contributed by atoms with Crippen molar-refractivity contribution in [1.29, 1.82) is 0 Å². The molecular weight excluding hydrogens is 320 g/mol. The summed E-state index contributed by atoms with van der Waals surface area (Å²) in [7, 11) is 1.70. The summed E-state index contributed by atoms with van der Waals surface area (Å²) in [5.74, 6) is -1.12. The van der Waals surface area contributed by atoms with Gasteiger partial charge in [0.1, 0.15) is 0 Å². The first-order chi connectivity index (χ1) is 11.9. The SMILES string of the molecule is Cn1c(=O)cc(C(=O)N2CCC3(CC2)CC3C(=O)O)c2ccccc21. The highest BCUT2D eigenvalue weighted by atomic mass is 16.4. The standard InChI is InChI=1S/C19H20N2O4/c1-20-15-5-3-2-4-12(15)13(10-16(20)22)17(23)21-8-6-19(7-9-21)11-14(19)18(24)25/h2-5,10,14H,6-9,11H2,1H3,(H,24,25).